The maximum atomic E-state index is 13.8. The number of halogens is 3. The summed E-state index contributed by atoms with van der Waals surface area (Å²) in [5.41, 5.74) is -0.605. The number of nitrogens with one attached hydrogen (secondary N) is 2. The zero-order valence-electron chi connectivity index (χ0n) is 17.8. The Labute approximate surface area is 182 Å². The van der Waals surface area contributed by atoms with E-state index in [9.17, 15) is 22.8 Å². The lowest BCUT2D eigenvalue weighted by Crippen LogP contribution is -2.55. The number of carbonyl (C=O) groups excluding carboxylic acids is 2. The van der Waals surface area contributed by atoms with E-state index in [0.717, 1.165) is 17.4 Å². The molecule has 0 saturated carbocycles. The first-order valence-corrected chi connectivity index (χ1v) is 10.9. The summed E-state index contributed by atoms with van der Waals surface area (Å²) in [5, 5.41) is 6.70. The molecule has 1 fully saturated rings. The highest BCUT2D eigenvalue weighted by atomic mass is 32.1. The maximum absolute atomic E-state index is 13.8. The Balaban J connectivity index is 1.89. The Morgan fingerprint density at radius 1 is 1.32 bits per heavy atom. The van der Waals surface area contributed by atoms with Crippen molar-refractivity contribution < 1.29 is 22.8 Å². The first-order valence-electron chi connectivity index (χ1n) is 10.0. The van der Waals surface area contributed by atoms with E-state index in [4.69, 9.17) is 0 Å². The zero-order valence-corrected chi connectivity index (χ0v) is 18.7. The Bertz CT molecular complexity index is 976. The number of hydrogen-bond donors (Lipinski definition) is 2. The minimum absolute atomic E-state index is 0.0425. The van der Waals surface area contributed by atoms with Crippen molar-refractivity contribution in [3.63, 3.8) is 0 Å². The summed E-state index contributed by atoms with van der Waals surface area (Å²) in [5.74, 6) is -0.373. The molecule has 31 heavy (non-hydrogen) atoms. The molecule has 11 heteroatoms. The third kappa shape index (κ3) is 5.09. The summed E-state index contributed by atoms with van der Waals surface area (Å²) in [6.07, 6.45) is -4.57. The lowest BCUT2D eigenvalue weighted by Gasteiger charge is -2.40. The molecule has 170 valence electrons. The third-order valence-electron chi connectivity index (χ3n) is 5.17. The monoisotopic (exact) mass is 457 g/mol. The average Bonchev–Trinajstić information content (AvgIpc) is 3.10. The average molecular weight is 458 g/mol. The topological polar surface area (TPSA) is 77.6 Å². The van der Waals surface area contributed by atoms with Crippen LogP contribution in [0.2, 0.25) is 0 Å². The van der Waals surface area contributed by atoms with Crippen LogP contribution in [0.3, 0.4) is 0 Å². The molecule has 2 amide bonds. The van der Waals surface area contributed by atoms with Gasteiger partial charge in [0.05, 0.1) is 27.9 Å². The number of pyridine rings is 1. The predicted molar refractivity (Wildman–Crippen MR) is 115 cm³/mol. The molecule has 0 radical (unpaired) electrons. The number of nitrogens with zero attached hydrogens (tertiary/aromatic N) is 3. The number of anilines is 1. The fourth-order valence-electron chi connectivity index (χ4n) is 3.65. The van der Waals surface area contributed by atoms with Gasteiger partial charge in [-0.3, -0.25) is 14.5 Å². The van der Waals surface area contributed by atoms with Crippen LogP contribution < -0.4 is 15.5 Å². The van der Waals surface area contributed by atoms with Crippen molar-refractivity contribution in [3.8, 4) is 0 Å². The number of piperazine rings is 1. The molecule has 7 nitrogen and oxygen atoms in total. The molecule has 1 saturated heterocycles. The maximum Gasteiger partial charge on any atom is 0.417 e. The van der Waals surface area contributed by atoms with Gasteiger partial charge in [0.25, 0.3) is 5.91 Å². The molecule has 1 unspecified atom stereocenters. The van der Waals surface area contributed by atoms with Gasteiger partial charge in [-0.15, -0.1) is 11.3 Å². The lowest BCUT2D eigenvalue weighted by atomic mass is 10.1. The van der Waals surface area contributed by atoms with Crippen molar-refractivity contribution in [3.05, 3.63) is 22.6 Å². The minimum atomic E-state index is -4.57. The molecular weight excluding hydrogens is 431 g/mol. The Hall–Kier alpha value is -2.40. The second kappa shape index (κ2) is 8.99. The Kier molecular flexibility index (Phi) is 6.75. The number of rotatable bonds is 5. The van der Waals surface area contributed by atoms with Gasteiger partial charge in [0.2, 0.25) is 5.91 Å². The van der Waals surface area contributed by atoms with E-state index in [1.54, 1.807) is 4.90 Å². The summed E-state index contributed by atoms with van der Waals surface area (Å²) in [4.78, 5) is 32.4. The van der Waals surface area contributed by atoms with Gasteiger partial charge in [-0.1, -0.05) is 0 Å². The predicted octanol–water partition coefficient (Wildman–Crippen LogP) is 2.71. The van der Waals surface area contributed by atoms with E-state index in [1.807, 2.05) is 25.7 Å². The van der Waals surface area contributed by atoms with Crippen molar-refractivity contribution in [2.75, 3.05) is 38.1 Å². The molecule has 0 spiro atoms. The number of thiophene rings is 1. The van der Waals surface area contributed by atoms with Crippen LogP contribution in [-0.2, 0) is 11.0 Å². The SMILES string of the molecule is CNC(=O)c1csc2c(C(F)(F)F)cc(N3CCN(CC(=O)NC(C)C)C(C)C3)nc12. The number of alkyl halides is 3. The first kappa shape index (κ1) is 23.3. The van der Waals surface area contributed by atoms with Crippen molar-refractivity contribution in [2.45, 2.75) is 39.0 Å². The summed E-state index contributed by atoms with van der Waals surface area (Å²) in [6.45, 7) is 7.30. The van der Waals surface area contributed by atoms with Crippen LogP contribution >= 0.6 is 11.3 Å². The second-order valence-electron chi connectivity index (χ2n) is 7.92. The molecule has 2 N–H and O–H groups in total. The number of carbonyl (C=O) groups is 2. The molecule has 0 aromatic carbocycles. The van der Waals surface area contributed by atoms with Crippen LogP contribution in [0.5, 0.6) is 0 Å². The summed E-state index contributed by atoms with van der Waals surface area (Å²) in [6, 6.07) is 1.04. The second-order valence-corrected chi connectivity index (χ2v) is 8.80. The number of amides is 2. The molecule has 3 rings (SSSR count). The van der Waals surface area contributed by atoms with E-state index >= 15 is 0 Å². The molecule has 2 aromatic rings. The summed E-state index contributed by atoms with van der Waals surface area (Å²) >= 11 is 0.864. The van der Waals surface area contributed by atoms with E-state index < -0.39 is 17.6 Å². The van der Waals surface area contributed by atoms with Crippen molar-refractivity contribution in [1.29, 1.82) is 0 Å². The normalized spacial score (nSPS) is 17.9. The summed E-state index contributed by atoms with van der Waals surface area (Å²) < 4.78 is 41.2. The van der Waals surface area contributed by atoms with Crippen LogP contribution in [0.15, 0.2) is 11.4 Å². The molecular formula is C20H26F3N5O2S. The standard InChI is InChI=1S/C20H26F3N5O2S/c1-11(2)25-16(29)9-27-5-6-28(8-12(27)3)15-7-14(20(21,22)23)18-17(26-15)13(10-31-18)19(30)24-4/h7,10-12H,5-6,8-9H2,1-4H3,(H,24,30)(H,25,29). The third-order valence-corrected chi connectivity index (χ3v) is 6.17. The van der Waals surface area contributed by atoms with Crippen LogP contribution in [0.1, 0.15) is 36.7 Å². The molecule has 0 aliphatic carbocycles. The number of fused-ring (bicyclic) bond motifs is 1. The quantitative estimate of drug-likeness (QED) is 0.722. The molecule has 0 bridgehead atoms. The molecule has 3 heterocycles. The van der Waals surface area contributed by atoms with Gasteiger partial charge in [0.1, 0.15) is 5.82 Å². The highest BCUT2D eigenvalue weighted by Gasteiger charge is 2.36. The highest BCUT2D eigenvalue weighted by molar-refractivity contribution is 7.17. The van der Waals surface area contributed by atoms with Crippen molar-refractivity contribution in [2.24, 2.45) is 0 Å². The van der Waals surface area contributed by atoms with E-state index in [-0.39, 0.29) is 46.1 Å². The van der Waals surface area contributed by atoms with Crippen LogP contribution in [0.25, 0.3) is 10.2 Å². The Morgan fingerprint density at radius 3 is 2.61 bits per heavy atom. The van der Waals surface area contributed by atoms with Crippen molar-refractivity contribution >= 4 is 39.2 Å². The van der Waals surface area contributed by atoms with E-state index in [2.05, 4.69) is 15.6 Å². The van der Waals surface area contributed by atoms with Gasteiger partial charge in [0, 0.05) is 44.1 Å². The molecule has 1 atom stereocenters. The van der Waals surface area contributed by atoms with Gasteiger partial charge in [0.15, 0.2) is 0 Å². The van der Waals surface area contributed by atoms with Gasteiger partial charge < -0.3 is 15.5 Å². The van der Waals surface area contributed by atoms with Crippen LogP contribution in [0, 0.1) is 0 Å². The molecule has 1 aliphatic heterocycles. The van der Waals surface area contributed by atoms with Crippen molar-refractivity contribution in [1.82, 2.24) is 20.5 Å². The lowest BCUT2D eigenvalue weighted by molar-refractivity contribution is -0.136. The van der Waals surface area contributed by atoms with Gasteiger partial charge in [-0.2, -0.15) is 13.2 Å². The van der Waals surface area contributed by atoms with E-state index in [0.29, 0.717) is 19.6 Å². The fraction of sp³-hybridized carbons (Fsp3) is 0.550. The number of hydrogen-bond acceptors (Lipinski definition) is 6. The zero-order chi connectivity index (χ0) is 22.9. The van der Waals surface area contributed by atoms with Gasteiger partial charge in [-0.25, -0.2) is 4.98 Å². The minimum Gasteiger partial charge on any atom is -0.355 e. The fourth-order valence-corrected chi connectivity index (χ4v) is 4.68. The largest absolute Gasteiger partial charge is 0.417 e. The van der Waals surface area contributed by atoms with E-state index in [1.165, 1.54) is 12.4 Å². The molecule has 2 aromatic heterocycles. The summed E-state index contributed by atoms with van der Waals surface area (Å²) in [7, 11) is 1.43. The van der Waals surface area contributed by atoms with Gasteiger partial charge >= 0.3 is 6.18 Å². The van der Waals surface area contributed by atoms with Gasteiger partial charge in [-0.05, 0) is 26.8 Å². The first-order chi connectivity index (χ1) is 14.5. The van der Waals surface area contributed by atoms with Crippen LogP contribution in [-0.4, -0.2) is 67.0 Å². The number of aromatic nitrogens is 1. The van der Waals surface area contributed by atoms with Crippen LogP contribution in [0.4, 0.5) is 19.0 Å². The molecule has 1 aliphatic rings. The Morgan fingerprint density at radius 2 is 2.03 bits per heavy atom. The highest BCUT2D eigenvalue weighted by Crippen LogP contribution is 2.40. The smallest absolute Gasteiger partial charge is 0.355 e.